The van der Waals surface area contributed by atoms with E-state index in [1.165, 1.54) is 122 Å². The molecule has 0 rings (SSSR count). The highest BCUT2D eigenvalue weighted by Crippen LogP contribution is 2.43. The molecule has 0 radical (unpaired) electrons. The molecular weight excluding hydrogens is 679 g/mol. The van der Waals surface area contributed by atoms with Crippen molar-refractivity contribution in [3.8, 4) is 0 Å². The number of allylic oxidation sites excluding steroid dienone is 4. The Morgan fingerprint density at radius 1 is 0.596 bits per heavy atom. The molecule has 0 amide bonds. The average molecular weight is 761 g/mol. The Balaban J connectivity index is 4.17. The monoisotopic (exact) mass is 761 g/mol. The summed E-state index contributed by atoms with van der Waals surface area (Å²) in [5.74, 6) is -0.384. The lowest BCUT2D eigenvalue weighted by Gasteiger charge is -2.20. The summed E-state index contributed by atoms with van der Waals surface area (Å²) in [6.45, 7) is 3.48. The van der Waals surface area contributed by atoms with Crippen LogP contribution in [0.3, 0.4) is 0 Å². The van der Waals surface area contributed by atoms with Crippen LogP contribution in [0.25, 0.3) is 0 Å². The highest BCUT2D eigenvalue weighted by Gasteiger charge is 2.26. The number of hydrogen-bond donors (Lipinski definition) is 3. The first-order valence-electron chi connectivity index (χ1n) is 21.3. The van der Waals surface area contributed by atoms with Crippen LogP contribution in [-0.4, -0.2) is 66.3 Å². The third-order valence-electron chi connectivity index (χ3n) is 9.14. The molecule has 0 fully saturated rings. The molecular formula is C42H81O9P. The first kappa shape index (κ1) is 50.9. The Labute approximate surface area is 319 Å². The smallest absolute Gasteiger partial charge is 0.457 e. The van der Waals surface area contributed by atoms with Crippen molar-refractivity contribution in [3.63, 3.8) is 0 Å². The van der Waals surface area contributed by atoms with E-state index in [-0.39, 0.29) is 25.6 Å². The summed E-state index contributed by atoms with van der Waals surface area (Å²) in [4.78, 5) is 22.6. The molecule has 0 saturated carbocycles. The summed E-state index contributed by atoms with van der Waals surface area (Å²) >= 11 is 0. The van der Waals surface area contributed by atoms with Crippen LogP contribution in [0.4, 0.5) is 0 Å². The van der Waals surface area contributed by atoms with E-state index in [0.717, 1.165) is 51.4 Å². The minimum Gasteiger partial charge on any atom is -0.457 e. The van der Waals surface area contributed by atoms with E-state index in [1.54, 1.807) is 0 Å². The largest absolute Gasteiger partial charge is 0.472 e. The number of hydrogen-bond acceptors (Lipinski definition) is 8. The molecule has 0 aromatic carbocycles. The van der Waals surface area contributed by atoms with E-state index < -0.39 is 33.2 Å². The molecule has 0 aliphatic carbocycles. The third-order valence-corrected chi connectivity index (χ3v) is 10.1. The molecule has 52 heavy (non-hydrogen) atoms. The number of unbranched alkanes of at least 4 members (excludes halogenated alkanes) is 23. The summed E-state index contributed by atoms with van der Waals surface area (Å²) in [5.41, 5.74) is 0. The van der Waals surface area contributed by atoms with Crippen molar-refractivity contribution in [2.24, 2.45) is 0 Å². The Morgan fingerprint density at radius 2 is 1.06 bits per heavy atom. The van der Waals surface area contributed by atoms with Crippen LogP contribution in [0.15, 0.2) is 24.3 Å². The molecule has 0 saturated heterocycles. The number of ether oxygens (including phenoxy) is 2. The lowest BCUT2D eigenvalue weighted by molar-refractivity contribution is -0.154. The number of aliphatic hydroxyl groups excluding tert-OH is 2. The van der Waals surface area contributed by atoms with Crippen molar-refractivity contribution >= 4 is 13.8 Å². The standard InChI is InChI=1S/C42H81O9P/c1-3-5-7-9-11-13-15-17-19-20-22-24-26-28-30-32-34-42(45)51-41(39-50-52(46,47)49-37-40(44)36-43)38-48-35-33-31-29-27-25-23-21-18-16-14-12-10-8-6-4-2/h10,12,16,18,40-41,43-44H,3-9,11,13-15,17,19-39H2,1-2H3,(H,46,47)/b12-10-,18-16-. The van der Waals surface area contributed by atoms with Gasteiger partial charge in [-0.15, -0.1) is 0 Å². The number of esters is 1. The maximum atomic E-state index is 12.6. The summed E-state index contributed by atoms with van der Waals surface area (Å²) < 4.78 is 33.3. The van der Waals surface area contributed by atoms with Gasteiger partial charge in [0.2, 0.25) is 0 Å². The maximum absolute atomic E-state index is 12.6. The van der Waals surface area contributed by atoms with Crippen molar-refractivity contribution in [2.45, 2.75) is 206 Å². The minimum atomic E-state index is -4.51. The van der Waals surface area contributed by atoms with Gasteiger partial charge in [-0.05, 0) is 38.5 Å². The van der Waals surface area contributed by atoms with Crippen LogP contribution in [0.5, 0.6) is 0 Å². The zero-order chi connectivity index (χ0) is 38.2. The molecule has 3 unspecified atom stereocenters. The second-order valence-electron chi connectivity index (χ2n) is 14.4. The molecule has 0 aromatic rings. The zero-order valence-electron chi connectivity index (χ0n) is 33.5. The second-order valence-corrected chi connectivity index (χ2v) is 15.8. The SMILES string of the molecule is CCCC/C=C\C/C=C\CCCCCCCCOCC(COP(=O)(O)OCC(O)CO)OC(=O)CCCCCCCCCCCCCCCCCC. The second kappa shape index (κ2) is 39.6. The fourth-order valence-electron chi connectivity index (χ4n) is 5.84. The summed E-state index contributed by atoms with van der Waals surface area (Å²) in [6, 6.07) is 0. The molecule has 0 heterocycles. The van der Waals surface area contributed by atoms with E-state index in [1.807, 2.05) is 0 Å². The molecule has 3 N–H and O–H groups in total. The van der Waals surface area contributed by atoms with E-state index in [2.05, 4.69) is 38.2 Å². The highest BCUT2D eigenvalue weighted by molar-refractivity contribution is 7.47. The molecule has 308 valence electrons. The minimum absolute atomic E-state index is 0.0457. The maximum Gasteiger partial charge on any atom is 0.472 e. The van der Waals surface area contributed by atoms with Crippen LogP contribution in [0, 0.1) is 0 Å². The number of aliphatic hydroxyl groups is 2. The number of carbonyl (C=O) groups is 1. The van der Waals surface area contributed by atoms with Gasteiger partial charge in [0, 0.05) is 13.0 Å². The Morgan fingerprint density at radius 3 is 1.60 bits per heavy atom. The van der Waals surface area contributed by atoms with Gasteiger partial charge in [0.1, 0.15) is 12.2 Å². The molecule has 0 bridgehead atoms. The quantitative estimate of drug-likeness (QED) is 0.0241. The van der Waals surface area contributed by atoms with Crippen molar-refractivity contribution in [3.05, 3.63) is 24.3 Å². The average Bonchev–Trinajstić information content (AvgIpc) is 3.13. The van der Waals surface area contributed by atoms with Gasteiger partial charge in [-0.25, -0.2) is 4.57 Å². The van der Waals surface area contributed by atoms with Gasteiger partial charge in [-0.1, -0.05) is 173 Å². The lowest BCUT2D eigenvalue weighted by atomic mass is 10.0. The Bertz CT molecular complexity index is 866. The summed E-state index contributed by atoms with van der Waals surface area (Å²) in [6.07, 6.45) is 39.9. The van der Waals surface area contributed by atoms with Crippen molar-refractivity contribution in [1.29, 1.82) is 0 Å². The van der Waals surface area contributed by atoms with Crippen molar-refractivity contribution in [2.75, 3.05) is 33.0 Å². The molecule has 0 aliphatic rings. The third kappa shape index (κ3) is 38.7. The van der Waals surface area contributed by atoms with Crippen molar-refractivity contribution < 1.29 is 43.0 Å². The van der Waals surface area contributed by atoms with E-state index in [0.29, 0.717) is 6.61 Å². The van der Waals surface area contributed by atoms with Crippen LogP contribution >= 0.6 is 7.82 Å². The number of carbonyl (C=O) groups excluding carboxylic acids is 1. The van der Waals surface area contributed by atoms with Crippen LogP contribution in [0.1, 0.15) is 194 Å². The Kier molecular flexibility index (Phi) is 38.8. The Hall–Kier alpha value is -1.06. The van der Waals surface area contributed by atoms with Gasteiger partial charge in [0.05, 0.1) is 26.4 Å². The van der Waals surface area contributed by atoms with Gasteiger partial charge in [0.15, 0.2) is 0 Å². The first-order chi connectivity index (χ1) is 25.3. The fourth-order valence-corrected chi connectivity index (χ4v) is 6.63. The van der Waals surface area contributed by atoms with Crippen LogP contribution in [-0.2, 0) is 27.9 Å². The van der Waals surface area contributed by atoms with Gasteiger partial charge < -0.3 is 24.6 Å². The summed E-state index contributed by atoms with van der Waals surface area (Å²) in [5, 5.41) is 18.3. The highest BCUT2D eigenvalue weighted by atomic mass is 31.2. The number of rotatable bonds is 41. The van der Waals surface area contributed by atoms with Crippen LogP contribution < -0.4 is 0 Å². The molecule has 0 aliphatic heterocycles. The van der Waals surface area contributed by atoms with Gasteiger partial charge in [-0.3, -0.25) is 13.8 Å². The van der Waals surface area contributed by atoms with Crippen molar-refractivity contribution in [1.82, 2.24) is 0 Å². The van der Waals surface area contributed by atoms with Gasteiger partial charge >= 0.3 is 13.8 Å². The molecule has 0 aromatic heterocycles. The van der Waals surface area contributed by atoms with E-state index >= 15 is 0 Å². The summed E-state index contributed by atoms with van der Waals surface area (Å²) in [7, 11) is -4.51. The molecule has 10 heteroatoms. The van der Waals surface area contributed by atoms with Gasteiger partial charge in [0.25, 0.3) is 0 Å². The predicted octanol–water partition coefficient (Wildman–Crippen LogP) is 11.5. The van der Waals surface area contributed by atoms with Gasteiger partial charge in [-0.2, -0.15) is 0 Å². The normalized spacial score (nSPS) is 14.3. The molecule has 0 spiro atoms. The number of phosphoric ester groups is 1. The topological polar surface area (TPSA) is 132 Å². The zero-order valence-corrected chi connectivity index (χ0v) is 34.4. The van der Waals surface area contributed by atoms with E-state index in [4.69, 9.17) is 23.6 Å². The molecule has 9 nitrogen and oxygen atoms in total. The lowest BCUT2D eigenvalue weighted by Crippen LogP contribution is -2.29. The first-order valence-corrected chi connectivity index (χ1v) is 22.8. The predicted molar refractivity (Wildman–Crippen MR) is 214 cm³/mol. The number of phosphoric acid groups is 1. The van der Waals surface area contributed by atoms with E-state index in [9.17, 15) is 19.4 Å². The fraction of sp³-hybridized carbons (Fsp3) is 0.881. The van der Waals surface area contributed by atoms with Crippen LogP contribution in [0.2, 0.25) is 0 Å². The molecule has 3 atom stereocenters.